The maximum atomic E-state index is 12.6. The second kappa shape index (κ2) is 7.71. The zero-order valence-electron chi connectivity index (χ0n) is 14.2. The van der Waals surface area contributed by atoms with E-state index < -0.39 is 34.1 Å². The minimum Gasteiger partial charge on any atom is -0.343 e. The second-order valence-corrected chi connectivity index (χ2v) is 8.50. The number of nitrogens with two attached hydrogens (primary N) is 1. The molecule has 6 nitrogen and oxygen atoms in total. The van der Waals surface area contributed by atoms with Gasteiger partial charge in [0.25, 0.3) is 5.91 Å². The number of alkyl halides is 3. The Bertz CT molecular complexity index is 718. The topological polar surface area (TPSA) is 92.5 Å². The van der Waals surface area contributed by atoms with Crippen molar-refractivity contribution in [3.05, 3.63) is 29.8 Å². The van der Waals surface area contributed by atoms with Crippen LogP contribution in [-0.2, 0) is 10.0 Å². The molecule has 3 N–H and O–H groups in total. The molecule has 0 spiro atoms. The van der Waals surface area contributed by atoms with E-state index in [-0.39, 0.29) is 23.5 Å². The Balaban J connectivity index is 3.01. The molecule has 0 bridgehead atoms. The van der Waals surface area contributed by atoms with Gasteiger partial charge in [0.2, 0.25) is 10.0 Å². The van der Waals surface area contributed by atoms with E-state index in [4.69, 9.17) is 5.73 Å². The third-order valence-electron chi connectivity index (χ3n) is 3.46. The number of rotatable bonds is 7. The van der Waals surface area contributed by atoms with Gasteiger partial charge in [0.1, 0.15) is 6.54 Å². The molecule has 142 valence electrons. The van der Waals surface area contributed by atoms with Crippen molar-refractivity contribution >= 4 is 15.9 Å². The molecule has 0 heterocycles. The van der Waals surface area contributed by atoms with Crippen molar-refractivity contribution in [2.75, 3.05) is 26.7 Å². The smallest absolute Gasteiger partial charge is 0.343 e. The van der Waals surface area contributed by atoms with Crippen molar-refractivity contribution < 1.29 is 26.4 Å². The molecular weight excluding hydrogens is 359 g/mol. The van der Waals surface area contributed by atoms with Crippen LogP contribution in [-0.4, -0.2) is 51.5 Å². The predicted octanol–water partition coefficient (Wildman–Crippen LogP) is 1.58. The first kappa shape index (κ1) is 21.4. The van der Waals surface area contributed by atoms with E-state index in [1.165, 1.54) is 25.2 Å². The Morgan fingerprint density at radius 2 is 1.88 bits per heavy atom. The van der Waals surface area contributed by atoms with Gasteiger partial charge in [-0.3, -0.25) is 4.79 Å². The van der Waals surface area contributed by atoms with Crippen molar-refractivity contribution in [2.24, 2.45) is 11.1 Å². The summed E-state index contributed by atoms with van der Waals surface area (Å²) in [7, 11) is -2.53. The lowest BCUT2D eigenvalue weighted by Gasteiger charge is -2.28. The van der Waals surface area contributed by atoms with Crippen molar-refractivity contribution in [2.45, 2.75) is 24.9 Å². The lowest BCUT2D eigenvalue weighted by molar-refractivity contribution is -0.123. The summed E-state index contributed by atoms with van der Waals surface area (Å²) in [5, 5.41) is 1.71. The fourth-order valence-corrected chi connectivity index (χ4v) is 3.42. The largest absolute Gasteiger partial charge is 0.405 e. The third-order valence-corrected chi connectivity index (χ3v) is 5.26. The van der Waals surface area contributed by atoms with Crippen molar-refractivity contribution in [1.29, 1.82) is 0 Å². The molecule has 0 saturated heterocycles. The number of hydrogen-bond donors (Lipinski definition) is 2. The summed E-state index contributed by atoms with van der Waals surface area (Å²) in [6.07, 6.45) is -4.55. The average molecular weight is 381 g/mol. The highest BCUT2D eigenvalue weighted by Crippen LogP contribution is 2.21. The van der Waals surface area contributed by atoms with E-state index in [9.17, 15) is 26.4 Å². The first-order valence-corrected chi connectivity index (χ1v) is 8.84. The minimum atomic E-state index is -4.55. The summed E-state index contributed by atoms with van der Waals surface area (Å²) < 4.78 is 62.8. The van der Waals surface area contributed by atoms with Crippen LogP contribution in [0.5, 0.6) is 0 Å². The van der Waals surface area contributed by atoms with Crippen LogP contribution in [0.1, 0.15) is 24.2 Å². The minimum absolute atomic E-state index is 0.149. The first-order chi connectivity index (χ1) is 11.3. The number of nitrogens with zero attached hydrogens (tertiary/aromatic N) is 1. The Kier molecular flexibility index (Phi) is 6.60. The molecule has 0 aromatic heterocycles. The number of nitrogens with one attached hydrogen (secondary N) is 1. The SMILES string of the molecule is CN(CC(C)(C)CN)S(=O)(=O)c1cccc(C(=O)NCC(F)(F)F)c1. The number of carbonyl (C=O) groups is 1. The lowest BCUT2D eigenvalue weighted by atomic mass is 9.94. The summed E-state index contributed by atoms with van der Waals surface area (Å²) in [6, 6.07) is 4.88. The van der Waals surface area contributed by atoms with Gasteiger partial charge < -0.3 is 11.1 Å². The summed E-state index contributed by atoms with van der Waals surface area (Å²) in [5.41, 5.74) is 4.98. The fourth-order valence-electron chi connectivity index (χ4n) is 2.01. The third kappa shape index (κ3) is 6.29. The highest BCUT2D eigenvalue weighted by atomic mass is 32.2. The Morgan fingerprint density at radius 1 is 1.28 bits per heavy atom. The maximum Gasteiger partial charge on any atom is 0.405 e. The number of carbonyl (C=O) groups excluding carboxylic acids is 1. The van der Waals surface area contributed by atoms with Crippen LogP contribution < -0.4 is 11.1 Å². The summed E-state index contributed by atoms with van der Waals surface area (Å²) in [5.74, 6) is -1.00. The van der Waals surface area contributed by atoms with Crippen LogP contribution >= 0.6 is 0 Å². The van der Waals surface area contributed by atoms with Crippen LogP contribution in [0, 0.1) is 5.41 Å². The normalized spacial score (nSPS) is 13.1. The molecule has 0 aliphatic carbocycles. The quantitative estimate of drug-likeness (QED) is 0.750. The second-order valence-electron chi connectivity index (χ2n) is 6.46. The Morgan fingerprint density at radius 3 is 2.40 bits per heavy atom. The van der Waals surface area contributed by atoms with Crippen molar-refractivity contribution in [3.63, 3.8) is 0 Å². The molecule has 10 heteroatoms. The van der Waals surface area contributed by atoms with E-state index in [1.54, 1.807) is 19.2 Å². The number of halogens is 3. The summed E-state index contributed by atoms with van der Waals surface area (Å²) in [4.78, 5) is 11.6. The molecule has 1 aromatic rings. The van der Waals surface area contributed by atoms with E-state index >= 15 is 0 Å². The van der Waals surface area contributed by atoms with Gasteiger partial charge in [-0.25, -0.2) is 12.7 Å². The first-order valence-electron chi connectivity index (χ1n) is 7.40. The molecule has 25 heavy (non-hydrogen) atoms. The van der Waals surface area contributed by atoms with Gasteiger partial charge >= 0.3 is 6.18 Å². The van der Waals surface area contributed by atoms with Gasteiger partial charge in [-0.05, 0) is 30.2 Å². The van der Waals surface area contributed by atoms with E-state index in [2.05, 4.69) is 0 Å². The van der Waals surface area contributed by atoms with Crippen LogP contribution in [0.2, 0.25) is 0 Å². The molecule has 0 atom stereocenters. The number of amides is 1. The highest BCUT2D eigenvalue weighted by molar-refractivity contribution is 7.89. The van der Waals surface area contributed by atoms with Gasteiger partial charge in [-0.1, -0.05) is 19.9 Å². The summed E-state index contributed by atoms with van der Waals surface area (Å²) >= 11 is 0. The van der Waals surface area contributed by atoms with E-state index in [1.807, 2.05) is 0 Å². The van der Waals surface area contributed by atoms with E-state index in [0.717, 1.165) is 10.4 Å². The average Bonchev–Trinajstić information content (AvgIpc) is 2.51. The molecule has 0 aliphatic rings. The van der Waals surface area contributed by atoms with Crippen LogP contribution in [0.4, 0.5) is 13.2 Å². The molecule has 1 rings (SSSR count). The van der Waals surface area contributed by atoms with Gasteiger partial charge in [0.05, 0.1) is 4.90 Å². The number of benzene rings is 1. The fraction of sp³-hybridized carbons (Fsp3) is 0.533. The van der Waals surface area contributed by atoms with Crippen molar-refractivity contribution in [1.82, 2.24) is 9.62 Å². The lowest BCUT2D eigenvalue weighted by Crippen LogP contribution is -2.39. The number of sulfonamides is 1. The Hall–Kier alpha value is -1.65. The molecule has 0 fully saturated rings. The molecule has 0 aliphatic heterocycles. The Labute approximate surface area is 145 Å². The van der Waals surface area contributed by atoms with Crippen LogP contribution in [0.15, 0.2) is 29.2 Å². The van der Waals surface area contributed by atoms with Crippen molar-refractivity contribution in [3.8, 4) is 0 Å². The molecule has 0 unspecified atom stereocenters. The zero-order valence-corrected chi connectivity index (χ0v) is 15.0. The molecule has 1 amide bonds. The molecular formula is C15H22F3N3O3S. The summed E-state index contributed by atoms with van der Waals surface area (Å²) in [6.45, 7) is 2.54. The monoisotopic (exact) mass is 381 g/mol. The van der Waals surface area contributed by atoms with Gasteiger partial charge in [0, 0.05) is 19.2 Å². The van der Waals surface area contributed by atoms with Crippen LogP contribution in [0.25, 0.3) is 0 Å². The zero-order chi connectivity index (χ0) is 19.5. The molecule has 1 aromatic carbocycles. The standard InChI is InChI=1S/C15H22F3N3O3S/c1-14(2,8-19)10-21(3)25(23,24)12-6-4-5-11(7-12)13(22)20-9-15(16,17)18/h4-7H,8-10,19H2,1-3H3,(H,20,22). The van der Waals surface area contributed by atoms with Gasteiger partial charge in [0.15, 0.2) is 0 Å². The predicted molar refractivity (Wildman–Crippen MR) is 87.5 cm³/mol. The highest BCUT2D eigenvalue weighted by Gasteiger charge is 2.29. The maximum absolute atomic E-state index is 12.6. The molecule has 0 saturated carbocycles. The molecule has 0 radical (unpaired) electrons. The number of hydrogen-bond acceptors (Lipinski definition) is 4. The van der Waals surface area contributed by atoms with Crippen LogP contribution in [0.3, 0.4) is 0 Å². The van der Waals surface area contributed by atoms with Gasteiger partial charge in [-0.2, -0.15) is 13.2 Å². The van der Waals surface area contributed by atoms with E-state index in [0.29, 0.717) is 0 Å². The van der Waals surface area contributed by atoms with Gasteiger partial charge in [-0.15, -0.1) is 0 Å².